The number of aryl methyl sites for hydroxylation is 1. The van der Waals surface area contributed by atoms with Gasteiger partial charge in [0.1, 0.15) is 6.61 Å². The molecule has 2 aliphatic rings. The molecular weight excluding hydrogens is 188 g/mol. The highest BCUT2D eigenvalue weighted by Crippen LogP contribution is 2.38. The first-order valence-electron chi connectivity index (χ1n) is 5.77. The summed E-state index contributed by atoms with van der Waals surface area (Å²) in [6.45, 7) is 4.14. The first-order valence-corrected chi connectivity index (χ1v) is 5.77. The minimum Gasteiger partial charge on any atom is -0.487 e. The first-order chi connectivity index (χ1) is 7.40. The molecule has 3 heterocycles. The van der Waals surface area contributed by atoms with Crippen LogP contribution in [-0.2, 0) is 6.42 Å². The summed E-state index contributed by atoms with van der Waals surface area (Å²) >= 11 is 0. The molecule has 0 aromatic carbocycles. The number of aromatic nitrogens is 1. The lowest BCUT2D eigenvalue weighted by Crippen LogP contribution is -2.39. The predicted octanol–water partition coefficient (Wildman–Crippen LogP) is 2.01. The van der Waals surface area contributed by atoms with Gasteiger partial charge in [-0.1, -0.05) is 6.92 Å². The Balaban J connectivity index is 2.07. The molecule has 0 bridgehead atoms. The van der Waals surface area contributed by atoms with Gasteiger partial charge >= 0.3 is 0 Å². The van der Waals surface area contributed by atoms with Gasteiger partial charge in [-0.05, 0) is 30.9 Å². The minimum atomic E-state index is 0.567. The molecular formula is C12H16N2O. The Morgan fingerprint density at radius 2 is 2.53 bits per heavy atom. The third kappa shape index (κ3) is 1.29. The van der Waals surface area contributed by atoms with Crippen molar-refractivity contribution in [2.24, 2.45) is 0 Å². The smallest absolute Gasteiger partial charge is 0.172 e. The SMILES string of the molecule is CCc1ccnc2c1OC[C@H]1CCCN21. The number of nitrogens with zero attached hydrogens (tertiary/aromatic N) is 2. The number of ether oxygens (including phenoxy) is 1. The van der Waals surface area contributed by atoms with Crippen LogP contribution in [0.15, 0.2) is 12.3 Å². The molecule has 0 aliphatic carbocycles. The van der Waals surface area contributed by atoms with E-state index in [9.17, 15) is 0 Å². The molecule has 15 heavy (non-hydrogen) atoms. The molecule has 0 radical (unpaired) electrons. The summed E-state index contributed by atoms with van der Waals surface area (Å²) in [5, 5.41) is 0. The van der Waals surface area contributed by atoms with E-state index in [1.54, 1.807) is 0 Å². The van der Waals surface area contributed by atoms with E-state index in [-0.39, 0.29) is 0 Å². The van der Waals surface area contributed by atoms with Crippen molar-refractivity contribution < 1.29 is 4.74 Å². The first kappa shape index (κ1) is 9.01. The Morgan fingerprint density at radius 1 is 1.60 bits per heavy atom. The van der Waals surface area contributed by atoms with Gasteiger partial charge in [0.25, 0.3) is 0 Å². The zero-order valence-corrected chi connectivity index (χ0v) is 9.07. The monoisotopic (exact) mass is 204 g/mol. The van der Waals surface area contributed by atoms with Gasteiger partial charge in [0, 0.05) is 12.7 Å². The Morgan fingerprint density at radius 3 is 3.40 bits per heavy atom. The van der Waals surface area contributed by atoms with E-state index in [1.807, 2.05) is 6.20 Å². The van der Waals surface area contributed by atoms with Gasteiger partial charge in [-0.3, -0.25) is 0 Å². The standard InChI is InChI=1S/C12H16N2O/c1-2-9-5-6-13-12-11(9)15-8-10-4-3-7-14(10)12/h5-6,10H,2-4,7-8H2,1H3/t10-/m1/s1. The maximum absolute atomic E-state index is 5.86. The summed E-state index contributed by atoms with van der Waals surface area (Å²) in [6, 6.07) is 2.63. The summed E-state index contributed by atoms with van der Waals surface area (Å²) in [5.41, 5.74) is 1.28. The highest BCUT2D eigenvalue weighted by molar-refractivity contribution is 5.59. The number of pyridine rings is 1. The average Bonchev–Trinajstić information content (AvgIpc) is 2.76. The molecule has 3 rings (SSSR count). The maximum atomic E-state index is 5.86. The van der Waals surface area contributed by atoms with E-state index in [4.69, 9.17) is 4.74 Å². The van der Waals surface area contributed by atoms with Crippen LogP contribution in [0.2, 0.25) is 0 Å². The fourth-order valence-corrected chi connectivity index (χ4v) is 2.58. The molecule has 0 saturated carbocycles. The molecule has 0 N–H and O–H groups in total. The molecule has 0 amide bonds. The van der Waals surface area contributed by atoms with E-state index >= 15 is 0 Å². The van der Waals surface area contributed by atoms with Gasteiger partial charge in [0.05, 0.1) is 6.04 Å². The van der Waals surface area contributed by atoms with Gasteiger partial charge in [-0.25, -0.2) is 4.98 Å². The molecule has 1 aromatic heterocycles. The van der Waals surface area contributed by atoms with Crippen molar-refractivity contribution in [2.75, 3.05) is 18.1 Å². The largest absolute Gasteiger partial charge is 0.487 e. The van der Waals surface area contributed by atoms with Crippen LogP contribution in [-0.4, -0.2) is 24.2 Å². The number of hydrogen-bond acceptors (Lipinski definition) is 3. The molecule has 0 unspecified atom stereocenters. The Labute approximate surface area is 90.1 Å². The second-order valence-corrected chi connectivity index (χ2v) is 4.28. The molecule has 1 saturated heterocycles. The van der Waals surface area contributed by atoms with Crippen molar-refractivity contribution >= 4 is 5.82 Å². The zero-order valence-electron chi connectivity index (χ0n) is 9.07. The zero-order chi connectivity index (χ0) is 10.3. The van der Waals surface area contributed by atoms with Crippen molar-refractivity contribution in [3.63, 3.8) is 0 Å². The summed E-state index contributed by atoms with van der Waals surface area (Å²) in [4.78, 5) is 6.89. The van der Waals surface area contributed by atoms with Crippen LogP contribution in [0.1, 0.15) is 25.3 Å². The predicted molar refractivity (Wildman–Crippen MR) is 59.5 cm³/mol. The van der Waals surface area contributed by atoms with Crippen molar-refractivity contribution in [3.05, 3.63) is 17.8 Å². The lowest BCUT2D eigenvalue weighted by molar-refractivity contribution is 0.267. The van der Waals surface area contributed by atoms with Gasteiger partial charge < -0.3 is 9.64 Å². The Kier molecular flexibility index (Phi) is 2.04. The van der Waals surface area contributed by atoms with Crippen LogP contribution in [0.4, 0.5) is 5.82 Å². The van der Waals surface area contributed by atoms with Crippen LogP contribution in [0, 0.1) is 0 Å². The Hall–Kier alpha value is -1.25. The van der Waals surface area contributed by atoms with Crippen LogP contribution < -0.4 is 9.64 Å². The van der Waals surface area contributed by atoms with Gasteiger partial charge in [0.2, 0.25) is 0 Å². The topological polar surface area (TPSA) is 25.4 Å². The highest BCUT2D eigenvalue weighted by atomic mass is 16.5. The molecule has 0 spiro atoms. The summed E-state index contributed by atoms with van der Waals surface area (Å²) in [5.74, 6) is 2.10. The molecule has 3 heteroatoms. The van der Waals surface area contributed by atoms with Crippen LogP contribution in [0.3, 0.4) is 0 Å². The minimum absolute atomic E-state index is 0.567. The fourth-order valence-electron chi connectivity index (χ4n) is 2.58. The maximum Gasteiger partial charge on any atom is 0.172 e. The number of rotatable bonds is 1. The second kappa shape index (κ2) is 3.40. The number of fused-ring (bicyclic) bond motifs is 3. The van der Waals surface area contributed by atoms with Crippen molar-refractivity contribution in [1.29, 1.82) is 0 Å². The summed E-state index contributed by atoms with van der Waals surface area (Å²) < 4.78 is 5.86. The van der Waals surface area contributed by atoms with Crippen LogP contribution in [0.5, 0.6) is 5.75 Å². The van der Waals surface area contributed by atoms with Gasteiger partial charge in [-0.2, -0.15) is 0 Å². The van der Waals surface area contributed by atoms with Crippen molar-refractivity contribution in [2.45, 2.75) is 32.2 Å². The highest BCUT2D eigenvalue weighted by Gasteiger charge is 2.33. The third-order valence-corrected chi connectivity index (χ3v) is 3.42. The van der Waals surface area contributed by atoms with E-state index in [2.05, 4.69) is 22.9 Å². The lowest BCUT2D eigenvalue weighted by Gasteiger charge is -2.33. The molecule has 1 atom stereocenters. The second-order valence-electron chi connectivity index (χ2n) is 4.28. The lowest BCUT2D eigenvalue weighted by atomic mass is 10.1. The van der Waals surface area contributed by atoms with Crippen LogP contribution >= 0.6 is 0 Å². The molecule has 80 valence electrons. The van der Waals surface area contributed by atoms with Gasteiger partial charge in [-0.15, -0.1) is 0 Å². The van der Waals surface area contributed by atoms with E-state index < -0.39 is 0 Å². The molecule has 3 nitrogen and oxygen atoms in total. The number of hydrogen-bond donors (Lipinski definition) is 0. The molecule has 1 aromatic rings. The number of anilines is 1. The summed E-state index contributed by atoms with van der Waals surface area (Å²) in [7, 11) is 0. The van der Waals surface area contributed by atoms with Crippen molar-refractivity contribution in [3.8, 4) is 5.75 Å². The third-order valence-electron chi connectivity index (χ3n) is 3.42. The quantitative estimate of drug-likeness (QED) is 0.699. The fraction of sp³-hybridized carbons (Fsp3) is 0.583. The normalized spacial score (nSPS) is 23.3. The van der Waals surface area contributed by atoms with E-state index in [1.165, 1.54) is 18.4 Å². The Bertz CT molecular complexity index is 378. The molecule has 1 fully saturated rings. The summed E-state index contributed by atoms with van der Waals surface area (Å²) in [6.07, 6.45) is 5.44. The van der Waals surface area contributed by atoms with E-state index in [0.717, 1.165) is 31.1 Å². The molecule has 2 aliphatic heterocycles. The average molecular weight is 204 g/mol. The van der Waals surface area contributed by atoms with Crippen molar-refractivity contribution in [1.82, 2.24) is 4.98 Å². The van der Waals surface area contributed by atoms with Crippen LogP contribution in [0.25, 0.3) is 0 Å². The van der Waals surface area contributed by atoms with E-state index in [0.29, 0.717) is 6.04 Å². The van der Waals surface area contributed by atoms with Gasteiger partial charge in [0.15, 0.2) is 11.6 Å².